The Balaban J connectivity index is 1.78. The molecule has 1 aliphatic carbocycles. The molecule has 1 fully saturated rings. The van der Waals surface area contributed by atoms with Gasteiger partial charge >= 0.3 is 0 Å². The van der Waals surface area contributed by atoms with E-state index in [2.05, 4.69) is 15.3 Å². The lowest BCUT2D eigenvalue weighted by molar-refractivity contribution is 0.616. The molecule has 1 aromatic carbocycles. The molecule has 19 heavy (non-hydrogen) atoms. The van der Waals surface area contributed by atoms with Crippen LogP contribution in [0.15, 0.2) is 46.7 Å². The van der Waals surface area contributed by atoms with E-state index >= 15 is 0 Å². The first-order valence-electron chi connectivity index (χ1n) is 6.28. The molecule has 5 heteroatoms. The minimum absolute atomic E-state index is 0.203. The quantitative estimate of drug-likeness (QED) is 0.851. The van der Waals surface area contributed by atoms with Gasteiger partial charge in [-0.05, 0) is 54.4 Å². The minimum atomic E-state index is -0.203. The van der Waals surface area contributed by atoms with E-state index in [0.29, 0.717) is 17.7 Å². The minimum Gasteiger partial charge on any atom is -0.310 e. The highest BCUT2D eigenvalue weighted by Gasteiger charge is 2.20. The molecule has 1 aliphatic rings. The second-order valence-electron chi connectivity index (χ2n) is 4.54. The van der Waals surface area contributed by atoms with Crippen LogP contribution in [0.1, 0.15) is 18.4 Å². The Kier molecular flexibility index (Phi) is 3.75. The van der Waals surface area contributed by atoms with Crippen molar-refractivity contribution >= 4 is 11.8 Å². The zero-order valence-electron chi connectivity index (χ0n) is 10.3. The third kappa shape index (κ3) is 3.52. The maximum atomic E-state index is 13.4. The third-order valence-electron chi connectivity index (χ3n) is 2.92. The van der Waals surface area contributed by atoms with Gasteiger partial charge in [0.1, 0.15) is 5.82 Å². The predicted molar refractivity (Wildman–Crippen MR) is 72.4 cm³/mol. The maximum absolute atomic E-state index is 13.4. The molecule has 1 N–H and O–H groups in total. The van der Waals surface area contributed by atoms with Crippen LogP contribution in [-0.2, 0) is 6.54 Å². The molecule has 0 saturated heterocycles. The largest absolute Gasteiger partial charge is 0.310 e. The molecule has 0 amide bonds. The highest BCUT2D eigenvalue weighted by molar-refractivity contribution is 7.99. The van der Waals surface area contributed by atoms with E-state index in [1.807, 2.05) is 0 Å². The molecule has 3 rings (SSSR count). The van der Waals surface area contributed by atoms with E-state index in [0.717, 1.165) is 10.5 Å². The molecule has 0 unspecified atom stereocenters. The lowest BCUT2D eigenvalue weighted by Crippen LogP contribution is -2.16. The summed E-state index contributed by atoms with van der Waals surface area (Å²) in [4.78, 5) is 9.37. The van der Waals surface area contributed by atoms with Gasteiger partial charge in [-0.15, -0.1) is 0 Å². The molecule has 0 bridgehead atoms. The number of nitrogens with zero attached hydrogens (tertiary/aromatic N) is 2. The first-order valence-corrected chi connectivity index (χ1v) is 7.09. The lowest BCUT2D eigenvalue weighted by Gasteiger charge is -2.09. The average Bonchev–Trinajstić information content (AvgIpc) is 3.24. The summed E-state index contributed by atoms with van der Waals surface area (Å²) < 4.78 is 13.4. The van der Waals surface area contributed by atoms with Crippen LogP contribution in [0.3, 0.4) is 0 Å². The molecule has 1 aromatic heterocycles. The topological polar surface area (TPSA) is 37.8 Å². The van der Waals surface area contributed by atoms with Crippen LogP contribution in [0.5, 0.6) is 0 Å². The van der Waals surface area contributed by atoms with Crippen LogP contribution in [0.4, 0.5) is 4.39 Å². The SMILES string of the molecule is Fc1ccc(Sc2ncccn2)c(CNC2CC2)c1. The molecule has 0 spiro atoms. The van der Waals surface area contributed by atoms with E-state index in [4.69, 9.17) is 0 Å². The van der Waals surface area contributed by atoms with Gasteiger partial charge in [0.05, 0.1) is 0 Å². The zero-order valence-corrected chi connectivity index (χ0v) is 11.2. The zero-order chi connectivity index (χ0) is 13.1. The van der Waals surface area contributed by atoms with Gasteiger partial charge in [-0.25, -0.2) is 14.4 Å². The number of halogens is 1. The Hall–Kier alpha value is -1.46. The second-order valence-corrected chi connectivity index (χ2v) is 5.55. The summed E-state index contributed by atoms with van der Waals surface area (Å²) in [5, 5.41) is 4.09. The van der Waals surface area contributed by atoms with Crippen LogP contribution in [0, 0.1) is 5.82 Å². The van der Waals surface area contributed by atoms with Gasteiger partial charge in [-0.1, -0.05) is 0 Å². The number of hydrogen-bond acceptors (Lipinski definition) is 4. The molecular weight excluding hydrogens is 261 g/mol. The molecular formula is C14H14FN3S. The molecule has 3 nitrogen and oxygen atoms in total. The van der Waals surface area contributed by atoms with Crippen molar-refractivity contribution in [1.82, 2.24) is 15.3 Å². The molecule has 98 valence electrons. The van der Waals surface area contributed by atoms with Crippen LogP contribution in [0.2, 0.25) is 0 Å². The normalized spacial score (nSPS) is 14.6. The maximum Gasteiger partial charge on any atom is 0.192 e. The fourth-order valence-corrected chi connectivity index (χ4v) is 2.59. The Morgan fingerprint density at radius 2 is 2.05 bits per heavy atom. The number of rotatable bonds is 5. The molecule has 1 heterocycles. The van der Waals surface area contributed by atoms with Crippen molar-refractivity contribution in [2.45, 2.75) is 35.5 Å². The number of hydrogen-bond donors (Lipinski definition) is 1. The van der Waals surface area contributed by atoms with Gasteiger partial charge in [0.2, 0.25) is 0 Å². The Bertz CT molecular complexity index is 558. The summed E-state index contributed by atoms with van der Waals surface area (Å²) in [6, 6.07) is 7.24. The van der Waals surface area contributed by atoms with E-state index in [1.54, 1.807) is 30.6 Å². The van der Waals surface area contributed by atoms with Crippen molar-refractivity contribution in [2.24, 2.45) is 0 Å². The van der Waals surface area contributed by atoms with E-state index in [-0.39, 0.29) is 5.82 Å². The van der Waals surface area contributed by atoms with E-state index in [1.165, 1.54) is 30.7 Å². The van der Waals surface area contributed by atoms with Crippen molar-refractivity contribution < 1.29 is 4.39 Å². The predicted octanol–water partition coefficient (Wildman–Crippen LogP) is 3.02. The average molecular weight is 275 g/mol. The van der Waals surface area contributed by atoms with Gasteiger partial charge in [-0.2, -0.15) is 0 Å². The second kappa shape index (κ2) is 5.67. The molecule has 1 saturated carbocycles. The fraction of sp³-hybridized carbons (Fsp3) is 0.286. The Morgan fingerprint density at radius 3 is 2.79 bits per heavy atom. The van der Waals surface area contributed by atoms with Crippen molar-refractivity contribution in [3.05, 3.63) is 48.0 Å². The summed E-state index contributed by atoms with van der Waals surface area (Å²) in [6.07, 6.45) is 5.86. The number of nitrogens with one attached hydrogen (secondary N) is 1. The summed E-state index contributed by atoms with van der Waals surface area (Å²) in [6.45, 7) is 0.692. The first-order chi connectivity index (χ1) is 9.31. The number of aromatic nitrogens is 2. The highest BCUT2D eigenvalue weighted by Crippen LogP contribution is 2.29. The summed E-state index contributed by atoms with van der Waals surface area (Å²) >= 11 is 1.47. The monoisotopic (exact) mass is 275 g/mol. The molecule has 0 aliphatic heterocycles. The first kappa shape index (κ1) is 12.6. The van der Waals surface area contributed by atoms with Gasteiger partial charge in [0, 0.05) is 29.9 Å². The molecule has 2 aromatic rings. The van der Waals surface area contributed by atoms with Crippen molar-refractivity contribution in [2.75, 3.05) is 0 Å². The van der Waals surface area contributed by atoms with Crippen molar-refractivity contribution in [1.29, 1.82) is 0 Å². The standard InChI is InChI=1S/C14H14FN3S/c15-11-2-5-13(19-14-16-6-1-7-17-14)10(8-11)9-18-12-3-4-12/h1-2,5-8,12,18H,3-4,9H2. The van der Waals surface area contributed by atoms with Crippen LogP contribution in [-0.4, -0.2) is 16.0 Å². The van der Waals surface area contributed by atoms with Crippen LogP contribution in [0.25, 0.3) is 0 Å². The summed E-state index contributed by atoms with van der Waals surface area (Å²) in [5.74, 6) is -0.203. The van der Waals surface area contributed by atoms with Gasteiger partial charge in [0.25, 0.3) is 0 Å². The third-order valence-corrected chi connectivity index (χ3v) is 3.94. The van der Waals surface area contributed by atoms with Crippen molar-refractivity contribution in [3.63, 3.8) is 0 Å². The molecule has 0 atom stereocenters. The summed E-state index contributed by atoms with van der Waals surface area (Å²) in [5.41, 5.74) is 0.962. The van der Waals surface area contributed by atoms with Crippen LogP contribution < -0.4 is 5.32 Å². The van der Waals surface area contributed by atoms with Gasteiger partial charge in [0.15, 0.2) is 5.16 Å². The van der Waals surface area contributed by atoms with Crippen molar-refractivity contribution in [3.8, 4) is 0 Å². The van der Waals surface area contributed by atoms with E-state index < -0.39 is 0 Å². The van der Waals surface area contributed by atoms with Gasteiger partial charge < -0.3 is 5.32 Å². The molecule has 0 radical (unpaired) electrons. The highest BCUT2D eigenvalue weighted by atomic mass is 32.2. The Morgan fingerprint density at radius 1 is 1.26 bits per heavy atom. The lowest BCUT2D eigenvalue weighted by atomic mass is 10.2. The smallest absolute Gasteiger partial charge is 0.192 e. The van der Waals surface area contributed by atoms with Gasteiger partial charge in [-0.3, -0.25) is 0 Å². The number of benzene rings is 1. The van der Waals surface area contributed by atoms with E-state index in [9.17, 15) is 4.39 Å². The fourth-order valence-electron chi connectivity index (χ4n) is 1.76. The summed E-state index contributed by atoms with van der Waals surface area (Å²) in [7, 11) is 0. The van der Waals surface area contributed by atoms with Crippen LogP contribution >= 0.6 is 11.8 Å². The Labute approximate surface area is 115 Å².